The van der Waals surface area contributed by atoms with Crippen LogP contribution in [0.5, 0.6) is 0 Å². The van der Waals surface area contributed by atoms with E-state index >= 15 is 0 Å². The van der Waals surface area contributed by atoms with Crippen molar-refractivity contribution in [3.05, 3.63) is 22.4 Å². The normalized spacial score (nSPS) is 25.9. The Bertz CT molecular complexity index is 549. The summed E-state index contributed by atoms with van der Waals surface area (Å²) in [7, 11) is 0. The van der Waals surface area contributed by atoms with E-state index in [4.69, 9.17) is 9.47 Å². The highest BCUT2D eigenvalue weighted by Crippen LogP contribution is 2.32. The van der Waals surface area contributed by atoms with Gasteiger partial charge in [-0.2, -0.15) is 11.3 Å². The molecule has 1 amide bonds. The van der Waals surface area contributed by atoms with Gasteiger partial charge in [0.1, 0.15) is 0 Å². The standard InChI is InChI=1S/C18H26N2O3S/c21-17(15-3-12-24-13-15)20-8-11-23-18(14-20)4-6-19(7-5-18)16-1-9-22-10-2-16/h3,12-13,16H,1-2,4-11,14H2. The molecule has 0 aromatic carbocycles. The lowest BCUT2D eigenvalue weighted by molar-refractivity contribution is -0.133. The molecular formula is C18H26N2O3S. The maximum atomic E-state index is 12.7. The number of hydrogen-bond donors (Lipinski definition) is 0. The molecule has 0 N–H and O–H groups in total. The zero-order chi connectivity index (χ0) is 16.4. The largest absolute Gasteiger partial charge is 0.381 e. The maximum absolute atomic E-state index is 12.7. The Morgan fingerprint density at radius 1 is 1.17 bits per heavy atom. The summed E-state index contributed by atoms with van der Waals surface area (Å²) in [4.78, 5) is 17.3. The molecule has 0 unspecified atom stereocenters. The molecule has 1 aromatic heterocycles. The SMILES string of the molecule is O=C(c1ccsc1)N1CCOC2(CCN(C3CCOCC3)CC2)C1. The van der Waals surface area contributed by atoms with E-state index in [2.05, 4.69) is 4.90 Å². The second-order valence-corrected chi connectivity index (χ2v) is 7.93. The van der Waals surface area contributed by atoms with Gasteiger partial charge in [-0.1, -0.05) is 0 Å². The molecule has 0 atom stereocenters. The predicted octanol–water partition coefficient (Wildman–Crippen LogP) is 2.23. The van der Waals surface area contributed by atoms with Crippen LogP contribution in [0.2, 0.25) is 0 Å². The Kier molecular flexibility index (Phi) is 4.90. The number of amides is 1. The van der Waals surface area contributed by atoms with Crippen molar-refractivity contribution in [2.75, 3.05) is 46.0 Å². The van der Waals surface area contributed by atoms with E-state index in [1.54, 1.807) is 11.3 Å². The van der Waals surface area contributed by atoms with Gasteiger partial charge in [-0.3, -0.25) is 9.69 Å². The summed E-state index contributed by atoms with van der Waals surface area (Å²) in [6, 6.07) is 2.59. The first-order chi connectivity index (χ1) is 11.8. The third kappa shape index (κ3) is 3.38. The Balaban J connectivity index is 1.36. The molecule has 132 valence electrons. The minimum atomic E-state index is -0.133. The molecule has 6 heteroatoms. The number of morpholine rings is 1. The van der Waals surface area contributed by atoms with E-state index in [0.29, 0.717) is 19.2 Å². The average Bonchev–Trinajstić information content (AvgIpc) is 3.17. The molecule has 3 fully saturated rings. The van der Waals surface area contributed by atoms with Crippen molar-refractivity contribution < 1.29 is 14.3 Å². The second kappa shape index (κ2) is 7.12. The van der Waals surface area contributed by atoms with Crippen LogP contribution in [-0.2, 0) is 9.47 Å². The van der Waals surface area contributed by atoms with Crippen molar-refractivity contribution in [3.63, 3.8) is 0 Å². The Morgan fingerprint density at radius 3 is 2.67 bits per heavy atom. The summed E-state index contributed by atoms with van der Waals surface area (Å²) < 4.78 is 11.7. The van der Waals surface area contributed by atoms with Gasteiger partial charge in [0.05, 0.1) is 24.3 Å². The molecule has 4 rings (SSSR count). The van der Waals surface area contributed by atoms with Crippen LogP contribution in [0.3, 0.4) is 0 Å². The van der Waals surface area contributed by atoms with Crippen molar-refractivity contribution in [2.45, 2.75) is 37.3 Å². The molecule has 3 aliphatic rings. The minimum absolute atomic E-state index is 0.133. The third-order valence-electron chi connectivity index (χ3n) is 5.72. The van der Waals surface area contributed by atoms with Gasteiger partial charge >= 0.3 is 0 Å². The van der Waals surface area contributed by atoms with Crippen LogP contribution in [0.15, 0.2) is 16.8 Å². The zero-order valence-electron chi connectivity index (χ0n) is 14.1. The zero-order valence-corrected chi connectivity index (χ0v) is 14.9. The fourth-order valence-electron chi connectivity index (χ4n) is 4.24. The van der Waals surface area contributed by atoms with Crippen LogP contribution >= 0.6 is 11.3 Å². The summed E-state index contributed by atoms with van der Waals surface area (Å²) in [6.45, 7) is 6.05. The lowest BCUT2D eigenvalue weighted by Crippen LogP contribution is -2.59. The van der Waals surface area contributed by atoms with Gasteiger partial charge in [0.15, 0.2) is 0 Å². The highest BCUT2D eigenvalue weighted by molar-refractivity contribution is 7.08. The van der Waals surface area contributed by atoms with Crippen molar-refractivity contribution in [2.24, 2.45) is 0 Å². The van der Waals surface area contributed by atoms with Crippen LogP contribution in [0.1, 0.15) is 36.0 Å². The molecule has 1 spiro atoms. The van der Waals surface area contributed by atoms with E-state index in [9.17, 15) is 4.79 Å². The van der Waals surface area contributed by atoms with Crippen molar-refractivity contribution in [1.29, 1.82) is 0 Å². The smallest absolute Gasteiger partial charge is 0.254 e. The highest BCUT2D eigenvalue weighted by atomic mass is 32.1. The van der Waals surface area contributed by atoms with Gasteiger partial charge in [0.2, 0.25) is 0 Å². The third-order valence-corrected chi connectivity index (χ3v) is 6.40. The number of hydrogen-bond acceptors (Lipinski definition) is 5. The molecule has 0 saturated carbocycles. The molecule has 0 radical (unpaired) electrons. The van der Waals surface area contributed by atoms with Crippen LogP contribution in [0.4, 0.5) is 0 Å². The van der Waals surface area contributed by atoms with Gasteiger partial charge in [-0.15, -0.1) is 0 Å². The van der Waals surface area contributed by atoms with E-state index in [1.807, 2.05) is 21.7 Å². The number of carbonyl (C=O) groups is 1. The lowest BCUT2D eigenvalue weighted by Gasteiger charge is -2.49. The average molecular weight is 350 g/mol. The van der Waals surface area contributed by atoms with Crippen molar-refractivity contribution in [1.82, 2.24) is 9.80 Å². The van der Waals surface area contributed by atoms with Crippen LogP contribution in [0.25, 0.3) is 0 Å². The molecule has 3 saturated heterocycles. The molecule has 3 aliphatic heterocycles. The first kappa shape index (κ1) is 16.5. The van der Waals surface area contributed by atoms with Crippen LogP contribution < -0.4 is 0 Å². The summed E-state index contributed by atoms with van der Waals surface area (Å²) in [6.07, 6.45) is 4.35. The molecule has 24 heavy (non-hydrogen) atoms. The van der Waals surface area contributed by atoms with Gasteiger partial charge in [0, 0.05) is 44.3 Å². The number of likely N-dealkylation sites (tertiary alicyclic amines) is 1. The van der Waals surface area contributed by atoms with Crippen LogP contribution in [-0.4, -0.2) is 73.3 Å². The van der Waals surface area contributed by atoms with Gasteiger partial charge in [-0.05, 0) is 37.1 Å². The topological polar surface area (TPSA) is 42.0 Å². The minimum Gasteiger partial charge on any atom is -0.381 e. The molecule has 0 aliphatic carbocycles. The summed E-state index contributed by atoms with van der Waals surface area (Å²) >= 11 is 1.58. The van der Waals surface area contributed by atoms with Crippen molar-refractivity contribution in [3.8, 4) is 0 Å². The fourth-order valence-corrected chi connectivity index (χ4v) is 4.87. The van der Waals surface area contributed by atoms with E-state index in [0.717, 1.165) is 64.1 Å². The van der Waals surface area contributed by atoms with Gasteiger partial charge in [-0.25, -0.2) is 0 Å². The monoisotopic (exact) mass is 350 g/mol. The first-order valence-electron chi connectivity index (χ1n) is 9.03. The number of nitrogens with zero attached hydrogens (tertiary/aromatic N) is 2. The molecule has 1 aromatic rings. The summed E-state index contributed by atoms with van der Waals surface area (Å²) in [5.74, 6) is 0.158. The summed E-state index contributed by atoms with van der Waals surface area (Å²) in [5, 5.41) is 3.91. The lowest BCUT2D eigenvalue weighted by atomic mass is 9.87. The van der Waals surface area contributed by atoms with E-state index in [-0.39, 0.29) is 11.5 Å². The maximum Gasteiger partial charge on any atom is 0.254 e. The molecule has 4 heterocycles. The summed E-state index contributed by atoms with van der Waals surface area (Å²) in [5.41, 5.74) is 0.683. The first-order valence-corrected chi connectivity index (χ1v) is 9.97. The van der Waals surface area contributed by atoms with Gasteiger partial charge < -0.3 is 14.4 Å². The Hall–Kier alpha value is -0.950. The Morgan fingerprint density at radius 2 is 1.96 bits per heavy atom. The van der Waals surface area contributed by atoms with E-state index in [1.165, 1.54) is 0 Å². The van der Waals surface area contributed by atoms with Crippen molar-refractivity contribution >= 4 is 17.2 Å². The molecule has 0 bridgehead atoms. The number of thiophene rings is 1. The van der Waals surface area contributed by atoms with E-state index < -0.39 is 0 Å². The number of rotatable bonds is 2. The van der Waals surface area contributed by atoms with Gasteiger partial charge in [0.25, 0.3) is 5.91 Å². The fraction of sp³-hybridized carbons (Fsp3) is 0.722. The number of ether oxygens (including phenoxy) is 2. The quantitative estimate of drug-likeness (QED) is 0.820. The Labute approximate surface area is 147 Å². The molecular weight excluding hydrogens is 324 g/mol. The number of piperidine rings is 1. The highest BCUT2D eigenvalue weighted by Gasteiger charge is 2.42. The second-order valence-electron chi connectivity index (χ2n) is 7.15. The predicted molar refractivity (Wildman–Crippen MR) is 93.6 cm³/mol. The number of carbonyl (C=O) groups excluding carboxylic acids is 1. The van der Waals surface area contributed by atoms with Crippen LogP contribution in [0, 0.1) is 0 Å². The molecule has 5 nitrogen and oxygen atoms in total.